The highest BCUT2D eigenvalue weighted by atomic mass is 79.9. The number of nitrogens with one attached hydrogen (secondary N) is 1. The van der Waals surface area contributed by atoms with Gasteiger partial charge in [-0.15, -0.1) is 5.10 Å². The summed E-state index contributed by atoms with van der Waals surface area (Å²) in [5.74, 6) is -1.10. The van der Waals surface area contributed by atoms with Gasteiger partial charge in [0.05, 0.1) is 12.7 Å². The van der Waals surface area contributed by atoms with Crippen molar-refractivity contribution >= 4 is 44.4 Å². The quantitative estimate of drug-likeness (QED) is 0.132. The number of hydrogen-bond acceptors (Lipinski definition) is 7. The third-order valence-corrected chi connectivity index (χ3v) is 9.82. The molecule has 0 radical (unpaired) electrons. The van der Waals surface area contributed by atoms with Gasteiger partial charge in [-0.2, -0.15) is 0 Å². The molecule has 0 bridgehead atoms. The van der Waals surface area contributed by atoms with Crippen molar-refractivity contribution in [2.75, 3.05) is 4.90 Å². The summed E-state index contributed by atoms with van der Waals surface area (Å²) in [6.07, 6.45) is 6.43. The Morgan fingerprint density at radius 1 is 1.00 bits per heavy atom. The van der Waals surface area contributed by atoms with Crippen molar-refractivity contribution in [2.45, 2.75) is 64.3 Å². The van der Waals surface area contributed by atoms with Gasteiger partial charge < -0.3 is 14.5 Å². The van der Waals surface area contributed by atoms with E-state index in [1.807, 2.05) is 19.1 Å². The zero-order valence-corrected chi connectivity index (χ0v) is 30.6. The van der Waals surface area contributed by atoms with Crippen LogP contribution >= 0.6 is 15.9 Å². The topological polar surface area (TPSA) is 120 Å². The molecule has 0 aliphatic heterocycles. The second-order valence-electron chi connectivity index (χ2n) is 13.3. The third kappa shape index (κ3) is 8.38. The fourth-order valence-corrected chi connectivity index (χ4v) is 7.06. The Labute approximate surface area is 313 Å². The second-order valence-corrected chi connectivity index (χ2v) is 14.2. The van der Waals surface area contributed by atoms with Crippen LogP contribution in [0.5, 0.6) is 5.75 Å². The van der Waals surface area contributed by atoms with E-state index in [4.69, 9.17) is 9.15 Å². The number of benzene rings is 4. The number of rotatable bonds is 11. The molecule has 1 aliphatic rings. The average molecular weight is 779 g/mol. The molecule has 4 aromatic carbocycles. The summed E-state index contributed by atoms with van der Waals surface area (Å²) in [6.45, 7) is 2.24. The molecule has 1 fully saturated rings. The highest BCUT2D eigenvalue weighted by Gasteiger charge is 2.37. The molecule has 6 aromatic rings. The standard InChI is InChI=1S/C41H37BrFN5O5/c1-26-14-17-33(18-15-26)48(40(50)35-22-28-21-29(42)16-19-36(28)53-41(35)51)38(39(49)44-31-10-3-2-4-11-31)34-12-5-6-13-37(34)52-25-32-24-47(46-45-32)23-27-8-7-9-30(43)20-27/h5-9,12-22,24,31,38H,2-4,10-11,23,25H2,1H3,(H,44,49). The molecule has 1 aliphatic carbocycles. The minimum absolute atomic E-state index is 0.00124. The lowest BCUT2D eigenvalue weighted by Crippen LogP contribution is -2.48. The number of carbonyl (C=O) groups excluding carboxylic acids is 2. The first kappa shape index (κ1) is 35.8. The molecule has 1 saturated carbocycles. The molecule has 10 nitrogen and oxygen atoms in total. The summed E-state index contributed by atoms with van der Waals surface area (Å²) in [5, 5.41) is 12.2. The van der Waals surface area contributed by atoms with Crippen LogP contribution in [0.1, 0.15) is 70.9 Å². The Bertz CT molecular complexity index is 2320. The van der Waals surface area contributed by atoms with Crippen molar-refractivity contribution < 1.29 is 23.1 Å². The Kier molecular flexibility index (Phi) is 10.8. The Morgan fingerprint density at radius 2 is 1.79 bits per heavy atom. The number of carbonyl (C=O) groups is 2. The first-order chi connectivity index (χ1) is 25.7. The summed E-state index contributed by atoms with van der Waals surface area (Å²) >= 11 is 3.46. The summed E-state index contributed by atoms with van der Waals surface area (Å²) in [7, 11) is 0. The van der Waals surface area contributed by atoms with Gasteiger partial charge >= 0.3 is 5.63 Å². The number of para-hydroxylation sites is 1. The van der Waals surface area contributed by atoms with Crippen molar-refractivity contribution in [3.8, 4) is 5.75 Å². The molecule has 0 spiro atoms. The number of nitrogens with zero attached hydrogens (tertiary/aromatic N) is 4. The number of ether oxygens (including phenoxy) is 1. The lowest BCUT2D eigenvalue weighted by Gasteiger charge is -2.34. The van der Waals surface area contributed by atoms with Gasteiger partial charge in [0.1, 0.15) is 41.1 Å². The second kappa shape index (κ2) is 16.0. The van der Waals surface area contributed by atoms with Gasteiger partial charge in [-0.05, 0) is 79.9 Å². The fraction of sp³-hybridized carbons (Fsp3) is 0.244. The number of amides is 2. The van der Waals surface area contributed by atoms with Crippen LogP contribution in [-0.4, -0.2) is 32.9 Å². The molecule has 2 heterocycles. The minimum Gasteiger partial charge on any atom is -0.487 e. The predicted octanol–water partition coefficient (Wildman–Crippen LogP) is 8.06. The van der Waals surface area contributed by atoms with Crippen molar-refractivity contribution in [1.82, 2.24) is 20.3 Å². The van der Waals surface area contributed by atoms with Crippen molar-refractivity contribution in [2.24, 2.45) is 0 Å². The third-order valence-electron chi connectivity index (χ3n) is 9.32. The number of fused-ring (bicyclic) bond motifs is 1. The summed E-state index contributed by atoms with van der Waals surface area (Å²) < 4.78 is 28.0. The van der Waals surface area contributed by atoms with Crippen LogP contribution in [0.4, 0.5) is 10.1 Å². The smallest absolute Gasteiger partial charge is 0.349 e. The van der Waals surface area contributed by atoms with Crippen molar-refractivity contribution in [3.05, 3.63) is 152 Å². The SMILES string of the molecule is Cc1ccc(N(C(=O)c2cc3cc(Br)ccc3oc2=O)C(C(=O)NC2CCCCC2)c2ccccc2OCc2cn(Cc3cccc(F)c3)nn2)cc1. The lowest BCUT2D eigenvalue weighted by atomic mass is 9.94. The van der Waals surface area contributed by atoms with Crippen LogP contribution in [0, 0.1) is 12.7 Å². The number of anilines is 1. The first-order valence-corrected chi connectivity index (χ1v) is 18.3. The van der Waals surface area contributed by atoms with Crippen molar-refractivity contribution in [1.29, 1.82) is 0 Å². The molecule has 12 heteroatoms. The van der Waals surface area contributed by atoms with Crippen LogP contribution in [-0.2, 0) is 17.9 Å². The molecular formula is C41H37BrFN5O5. The Hall–Kier alpha value is -5.62. The van der Waals surface area contributed by atoms with Gasteiger partial charge in [-0.25, -0.2) is 13.9 Å². The molecule has 270 valence electrons. The van der Waals surface area contributed by atoms with Crippen LogP contribution in [0.3, 0.4) is 0 Å². The molecule has 0 saturated heterocycles. The molecule has 1 unspecified atom stereocenters. The van der Waals surface area contributed by atoms with E-state index >= 15 is 0 Å². The van der Waals surface area contributed by atoms with Crippen LogP contribution in [0.25, 0.3) is 11.0 Å². The number of aromatic nitrogens is 3. The van der Waals surface area contributed by atoms with Gasteiger partial charge in [0.2, 0.25) is 5.91 Å². The molecule has 7 rings (SSSR count). The van der Waals surface area contributed by atoms with Gasteiger partial charge in [0, 0.05) is 27.2 Å². The maximum atomic E-state index is 14.8. The van der Waals surface area contributed by atoms with E-state index in [-0.39, 0.29) is 24.0 Å². The number of aryl methyl sites for hydroxylation is 1. The molecule has 53 heavy (non-hydrogen) atoms. The molecule has 2 amide bonds. The van der Waals surface area contributed by atoms with Gasteiger partial charge in [-0.3, -0.25) is 14.5 Å². The summed E-state index contributed by atoms with van der Waals surface area (Å²) in [5.41, 5.74) is 2.30. The van der Waals surface area contributed by atoms with Crippen LogP contribution in [0.2, 0.25) is 0 Å². The molecule has 1 N–H and O–H groups in total. The van der Waals surface area contributed by atoms with Crippen LogP contribution < -0.4 is 20.6 Å². The largest absolute Gasteiger partial charge is 0.487 e. The normalized spacial score (nSPS) is 13.8. The van der Waals surface area contributed by atoms with E-state index in [1.165, 1.54) is 23.1 Å². The van der Waals surface area contributed by atoms with Crippen LogP contribution in [0.15, 0.2) is 117 Å². The van der Waals surface area contributed by atoms with E-state index in [0.717, 1.165) is 47.7 Å². The summed E-state index contributed by atoms with van der Waals surface area (Å²) in [4.78, 5) is 44.3. The zero-order valence-electron chi connectivity index (χ0n) is 29.0. The van der Waals surface area contributed by atoms with E-state index in [0.29, 0.717) is 40.2 Å². The molecule has 2 aromatic heterocycles. The monoisotopic (exact) mass is 777 g/mol. The lowest BCUT2D eigenvalue weighted by molar-refractivity contribution is -0.123. The summed E-state index contributed by atoms with van der Waals surface area (Å²) in [6, 6.07) is 25.9. The Balaban J connectivity index is 1.28. The highest BCUT2D eigenvalue weighted by Crippen LogP contribution is 2.36. The predicted molar refractivity (Wildman–Crippen MR) is 202 cm³/mol. The van der Waals surface area contributed by atoms with E-state index in [1.54, 1.807) is 77.6 Å². The fourth-order valence-electron chi connectivity index (χ4n) is 6.68. The number of hydrogen-bond donors (Lipinski definition) is 1. The minimum atomic E-state index is -1.25. The van der Waals surface area contributed by atoms with E-state index in [2.05, 4.69) is 31.6 Å². The number of halogens is 2. The highest BCUT2D eigenvalue weighted by molar-refractivity contribution is 9.10. The van der Waals surface area contributed by atoms with E-state index in [9.17, 15) is 18.8 Å². The maximum absolute atomic E-state index is 14.8. The first-order valence-electron chi connectivity index (χ1n) is 17.5. The average Bonchev–Trinajstić information content (AvgIpc) is 3.60. The van der Waals surface area contributed by atoms with Gasteiger partial charge in [0.25, 0.3) is 5.91 Å². The molecule has 1 atom stereocenters. The van der Waals surface area contributed by atoms with Crippen molar-refractivity contribution in [3.63, 3.8) is 0 Å². The van der Waals surface area contributed by atoms with Gasteiger partial charge in [0.15, 0.2) is 0 Å². The maximum Gasteiger partial charge on any atom is 0.349 e. The van der Waals surface area contributed by atoms with E-state index < -0.39 is 23.5 Å². The van der Waals surface area contributed by atoms with Gasteiger partial charge in [-0.1, -0.05) is 88.4 Å². The molecular weight excluding hydrogens is 741 g/mol. The zero-order chi connectivity index (χ0) is 36.9. The Morgan fingerprint density at radius 3 is 2.58 bits per heavy atom.